The van der Waals surface area contributed by atoms with Gasteiger partial charge in [0.15, 0.2) is 0 Å². The highest BCUT2D eigenvalue weighted by molar-refractivity contribution is 14.1. The van der Waals surface area contributed by atoms with Crippen molar-refractivity contribution in [1.29, 1.82) is 0 Å². The lowest BCUT2D eigenvalue weighted by Gasteiger charge is -2.01. The second-order valence-electron chi connectivity index (χ2n) is 3.03. The number of methoxy groups -OCH3 is 1. The number of hydrogen-bond donors (Lipinski definition) is 1. The molecule has 0 atom stereocenters. The quantitative estimate of drug-likeness (QED) is 0.789. The minimum absolute atomic E-state index is 0.115. The van der Waals surface area contributed by atoms with Gasteiger partial charge in [-0.2, -0.15) is 0 Å². The van der Waals surface area contributed by atoms with E-state index in [0.717, 1.165) is 3.57 Å². The van der Waals surface area contributed by atoms with Crippen LogP contribution in [0.1, 0.15) is 10.6 Å². The van der Waals surface area contributed by atoms with Crippen LogP contribution in [0.3, 0.4) is 0 Å². The average molecular weight is 397 g/mol. The zero-order valence-corrected chi connectivity index (χ0v) is 11.8. The standard InChI is InChI=1S/C10H6BrIO4/c1-15-5-2-4(12)3-6-7(5)8(11)9(16-6)10(13)14/h2-3H,1H3,(H,13,14). The van der Waals surface area contributed by atoms with E-state index in [1.165, 1.54) is 7.11 Å². The van der Waals surface area contributed by atoms with E-state index in [2.05, 4.69) is 38.5 Å². The van der Waals surface area contributed by atoms with Crippen LogP contribution in [-0.4, -0.2) is 18.2 Å². The molecule has 0 radical (unpaired) electrons. The van der Waals surface area contributed by atoms with Gasteiger partial charge in [0.2, 0.25) is 5.76 Å². The Kier molecular flexibility index (Phi) is 3.11. The lowest BCUT2D eigenvalue weighted by molar-refractivity contribution is 0.0663. The van der Waals surface area contributed by atoms with Crippen LogP contribution in [0.25, 0.3) is 11.0 Å². The Balaban J connectivity index is 2.85. The summed E-state index contributed by atoms with van der Waals surface area (Å²) in [7, 11) is 1.53. The summed E-state index contributed by atoms with van der Waals surface area (Å²) >= 11 is 5.32. The highest BCUT2D eigenvalue weighted by Crippen LogP contribution is 2.38. The maximum absolute atomic E-state index is 10.9. The van der Waals surface area contributed by atoms with E-state index in [0.29, 0.717) is 21.2 Å². The Morgan fingerprint density at radius 1 is 1.56 bits per heavy atom. The lowest BCUT2D eigenvalue weighted by atomic mass is 10.2. The normalized spacial score (nSPS) is 10.7. The van der Waals surface area contributed by atoms with Crippen LogP contribution in [0.2, 0.25) is 0 Å². The van der Waals surface area contributed by atoms with E-state index in [1.807, 2.05) is 6.07 Å². The second-order valence-corrected chi connectivity index (χ2v) is 5.07. The minimum Gasteiger partial charge on any atom is -0.496 e. The predicted molar refractivity (Wildman–Crippen MR) is 70.1 cm³/mol. The van der Waals surface area contributed by atoms with Crippen molar-refractivity contribution in [2.75, 3.05) is 7.11 Å². The van der Waals surface area contributed by atoms with Crippen molar-refractivity contribution in [3.8, 4) is 5.75 Å². The number of benzene rings is 1. The summed E-state index contributed by atoms with van der Waals surface area (Å²) in [5.41, 5.74) is 0.494. The molecule has 0 fully saturated rings. The first-order valence-electron chi connectivity index (χ1n) is 4.23. The van der Waals surface area contributed by atoms with Crippen LogP contribution in [-0.2, 0) is 0 Å². The van der Waals surface area contributed by atoms with Gasteiger partial charge in [-0.25, -0.2) is 4.79 Å². The molecule has 84 valence electrons. The third-order valence-electron chi connectivity index (χ3n) is 2.08. The summed E-state index contributed by atoms with van der Waals surface area (Å²) in [4.78, 5) is 10.9. The van der Waals surface area contributed by atoms with Crippen LogP contribution in [0.15, 0.2) is 21.0 Å². The van der Waals surface area contributed by atoms with Gasteiger partial charge in [0.25, 0.3) is 0 Å². The molecule has 0 saturated heterocycles. The van der Waals surface area contributed by atoms with Crippen LogP contribution in [0, 0.1) is 3.57 Å². The maximum Gasteiger partial charge on any atom is 0.373 e. The van der Waals surface area contributed by atoms with Gasteiger partial charge in [0.05, 0.1) is 17.0 Å². The molecule has 0 aliphatic heterocycles. The van der Waals surface area contributed by atoms with Crippen LogP contribution >= 0.6 is 38.5 Å². The summed E-state index contributed by atoms with van der Waals surface area (Å²) < 4.78 is 11.8. The molecule has 1 aromatic heterocycles. The largest absolute Gasteiger partial charge is 0.496 e. The summed E-state index contributed by atoms with van der Waals surface area (Å²) in [6.45, 7) is 0. The molecule has 0 aliphatic carbocycles. The number of carboxylic acid groups (broad SMARTS) is 1. The molecular weight excluding hydrogens is 391 g/mol. The van der Waals surface area contributed by atoms with E-state index in [9.17, 15) is 4.79 Å². The van der Waals surface area contributed by atoms with Gasteiger partial charge in [0.1, 0.15) is 11.3 Å². The summed E-state index contributed by atoms with van der Waals surface area (Å²) in [5, 5.41) is 9.57. The monoisotopic (exact) mass is 396 g/mol. The molecule has 16 heavy (non-hydrogen) atoms. The first kappa shape index (κ1) is 11.7. The molecule has 4 nitrogen and oxygen atoms in total. The number of furan rings is 1. The van der Waals surface area contributed by atoms with Crippen molar-refractivity contribution in [1.82, 2.24) is 0 Å². The molecular formula is C10H6BrIO4. The van der Waals surface area contributed by atoms with Crippen LogP contribution in [0.5, 0.6) is 5.75 Å². The van der Waals surface area contributed by atoms with Crippen LogP contribution in [0.4, 0.5) is 0 Å². The Morgan fingerprint density at radius 3 is 2.81 bits per heavy atom. The fourth-order valence-electron chi connectivity index (χ4n) is 1.42. The number of halogens is 2. The van der Waals surface area contributed by atoms with Crippen molar-refractivity contribution >= 4 is 55.5 Å². The Labute approximate surface area is 113 Å². The number of aromatic carboxylic acids is 1. The highest BCUT2D eigenvalue weighted by Gasteiger charge is 2.21. The third-order valence-corrected chi connectivity index (χ3v) is 3.46. The Morgan fingerprint density at radius 2 is 2.25 bits per heavy atom. The molecule has 0 bridgehead atoms. The van der Waals surface area contributed by atoms with Gasteiger partial charge >= 0.3 is 5.97 Å². The second kappa shape index (κ2) is 4.25. The molecule has 1 aromatic carbocycles. The minimum atomic E-state index is -1.11. The third kappa shape index (κ3) is 1.80. The first-order valence-corrected chi connectivity index (χ1v) is 6.10. The number of carbonyl (C=O) groups is 1. The molecule has 0 aliphatic rings. The smallest absolute Gasteiger partial charge is 0.373 e. The SMILES string of the molecule is COc1cc(I)cc2oc(C(=O)O)c(Br)c12. The predicted octanol–water partition coefficient (Wildman–Crippen LogP) is 3.51. The van der Waals surface area contributed by atoms with E-state index in [1.54, 1.807) is 6.07 Å². The molecule has 2 rings (SSSR count). The van der Waals surface area contributed by atoms with Crippen molar-refractivity contribution in [2.45, 2.75) is 0 Å². The topological polar surface area (TPSA) is 59.7 Å². The molecule has 0 spiro atoms. The molecule has 6 heteroatoms. The average Bonchev–Trinajstić information content (AvgIpc) is 2.55. The molecule has 0 unspecified atom stereocenters. The Hall–Kier alpha value is -0.760. The van der Waals surface area contributed by atoms with Crippen molar-refractivity contribution in [3.05, 3.63) is 25.9 Å². The van der Waals surface area contributed by atoms with Gasteiger partial charge in [-0.05, 0) is 50.7 Å². The van der Waals surface area contributed by atoms with Crippen molar-refractivity contribution in [3.63, 3.8) is 0 Å². The molecule has 1 N–H and O–H groups in total. The van der Waals surface area contributed by atoms with Crippen molar-refractivity contribution < 1.29 is 19.1 Å². The summed E-state index contributed by atoms with van der Waals surface area (Å²) in [6.07, 6.45) is 0. The maximum atomic E-state index is 10.9. The fraction of sp³-hybridized carbons (Fsp3) is 0.100. The van der Waals surface area contributed by atoms with E-state index in [-0.39, 0.29) is 5.76 Å². The van der Waals surface area contributed by atoms with E-state index in [4.69, 9.17) is 14.3 Å². The fourth-order valence-corrected chi connectivity index (χ4v) is 2.63. The summed E-state index contributed by atoms with van der Waals surface area (Å²) in [6, 6.07) is 3.57. The number of hydrogen-bond acceptors (Lipinski definition) is 3. The number of ether oxygens (including phenoxy) is 1. The molecule has 2 aromatic rings. The number of rotatable bonds is 2. The highest BCUT2D eigenvalue weighted by atomic mass is 127. The van der Waals surface area contributed by atoms with Gasteiger partial charge in [0, 0.05) is 3.57 Å². The lowest BCUT2D eigenvalue weighted by Crippen LogP contribution is -1.93. The number of carboxylic acids is 1. The van der Waals surface area contributed by atoms with Crippen LogP contribution < -0.4 is 4.74 Å². The molecule has 0 amide bonds. The van der Waals surface area contributed by atoms with E-state index < -0.39 is 5.97 Å². The van der Waals surface area contributed by atoms with Crippen molar-refractivity contribution in [2.24, 2.45) is 0 Å². The summed E-state index contributed by atoms with van der Waals surface area (Å²) in [5.74, 6) is -0.638. The molecule has 0 saturated carbocycles. The van der Waals surface area contributed by atoms with Gasteiger partial charge < -0.3 is 14.3 Å². The zero-order valence-electron chi connectivity index (χ0n) is 8.08. The number of fused-ring (bicyclic) bond motifs is 1. The zero-order chi connectivity index (χ0) is 11.9. The molecule has 1 heterocycles. The van der Waals surface area contributed by atoms with Gasteiger partial charge in [-0.1, -0.05) is 0 Å². The Bertz CT molecular complexity index is 576. The van der Waals surface area contributed by atoms with Gasteiger partial charge in [-0.3, -0.25) is 0 Å². The van der Waals surface area contributed by atoms with Gasteiger partial charge in [-0.15, -0.1) is 0 Å². The first-order chi connectivity index (χ1) is 7.54. The van der Waals surface area contributed by atoms with E-state index >= 15 is 0 Å².